The van der Waals surface area contributed by atoms with Crippen molar-refractivity contribution in [3.63, 3.8) is 0 Å². The van der Waals surface area contributed by atoms with Gasteiger partial charge < -0.3 is 29.7 Å². The van der Waals surface area contributed by atoms with Crippen LogP contribution in [-0.2, 0) is 28.8 Å². The number of methoxy groups -OCH3 is 1. The first-order valence-corrected chi connectivity index (χ1v) is 16.6. The molecular weight excluding hydrogens is 594 g/mol. The number of alkyl carbamates (subject to hydrolysis) is 1. The third-order valence-corrected chi connectivity index (χ3v) is 8.65. The van der Waals surface area contributed by atoms with E-state index >= 15 is 0 Å². The van der Waals surface area contributed by atoms with E-state index in [-0.39, 0.29) is 54.1 Å². The first kappa shape index (κ1) is 39.7. The van der Waals surface area contributed by atoms with Crippen molar-refractivity contribution in [1.82, 2.24) is 16.0 Å². The van der Waals surface area contributed by atoms with Crippen LogP contribution in [0.2, 0.25) is 0 Å². The van der Waals surface area contributed by atoms with Crippen LogP contribution in [-0.4, -0.2) is 89.7 Å². The van der Waals surface area contributed by atoms with Gasteiger partial charge in [-0.05, 0) is 73.5 Å². The molecule has 13 heteroatoms. The largest absolute Gasteiger partial charge is 0.447 e. The average molecular weight is 656 g/mol. The van der Waals surface area contributed by atoms with E-state index in [1.807, 2.05) is 13.8 Å². The third-order valence-electron chi connectivity index (χ3n) is 8.65. The lowest BCUT2D eigenvalue weighted by atomic mass is 9.62. The second-order valence-electron chi connectivity index (χ2n) is 15.3. The third kappa shape index (κ3) is 15.9. The molecule has 0 aromatic heterocycles. The maximum atomic E-state index is 12.3. The molecule has 2 aliphatic rings. The summed E-state index contributed by atoms with van der Waals surface area (Å²) in [5.74, 6) is 0. The molecule has 13 nitrogen and oxygen atoms in total. The predicted molar refractivity (Wildman–Crippen MR) is 178 cm³/mol. The predicted octanol–water partition coefficient (Wildman–Crippen LogP) is 5.58. The van der Waals surface area contributed by atoms with Crippen LogP contribution in [0.25, 0.3) is 0 Å². The Labute approximate surface area is 276 Å². The standard InChI is InChI=1S/C33H61N5O8/c1-10-25(2)38-46-29(40)35-22-33(8)18-27(16-31(5,6)20-33)37-24-45-44-14-12-42-11-13-43-28(39)34-21-32(7)17-26(36-23-41-9)15-30(3,4)19-32/h24,26-27,36H,10-23H2,1-9H3,(H,34,39)(H,35,40)/b37-24?,38-25-. The first-order valence-electron chi connectivity index (χ1n) is 16.6. The van der Waals surface area contributed by atoms with E-state index < -0.39 is 12.2 Å². The fourth-order valence-corrected chi connectivity index (χ4v) is 7.35. The molecule has 2 saturated carbocycles. The van der Waals surface area contributed by atoms with Crippen molar-refractivity contribution < 1.29 is 38.4 Å². The zero-order valence-electron chi connectivity index (χ0n) is 29.8. The molecule has 266 valence electrons. The second-order valence-corrected chi connectivity index (χ2v) is 15.3. The molecule has 0 aromatic rings. The van der Waals surface area contributed by atoms with E-state index in [1.54, 1.807) is 7.11 Å². The highest BCUT2D eigenvalue weighted by molar-refractivity contribution is 5.81. The molecule has 2 rings (SSSR count). The minimum atomic E-state index is -0.551. The van der Waals surface area contributed by atoms with Crippen LogP contribution >= 0.6 is 0 Å². The Hall–Kier alpha value is -2.48. The summed E-state index contributed by atoms with van der Waals surface area (Å²) < 4.78 is 16.0. The smallest absolute Gasteiger partial charge is 0.433 e. The zero-order valence-corrected chi connectivity index (χ0v) is 29.8. The van der Waals surface area contributed by atoms with Crippen LogP contribution in [0.4, 0.5) is 9.59 Å². The molecule has 0 saturated heterocycles. The molecule has 0 heterocycles. The van der Waals surface area contributed by atoms with Gasteiger partial charge in [-0.15, -0.1) is 0 Å². The molecule has 2 amide bonds. The summed E-state index contributed by atoms with van der Waals surface area (Å²) in [6.45, 7) is 19.5. The minimum absolute atomic E-state index is 0.0241. The normalized spacial score (nSPS) is 27.6. The molecule has 46 heavy (non-hydrogen) atoms. The highest BCUT2D eigenvalue weighted by Crippen LogP contribution is 2.47. The number of carbonyl (C=O) groups is 2. The number of oxime groups is 1. The molecule has 0 spiro atoms. The molecule has 0 aliphatic heterocycles. The summed E-state index contributed by atoms with van der Waals surface area (Å²) in [5, 5.41) is 13.0. The topological polar surface area (TPSA) is 150 Å². The number of aliphatic imine (C=N–C) groups is 1. The second kappa shape index (κ2) is 18.8. The van der Waals surface area contributed by atoms with Crippen molar-refractivity contribution in [1.29, 1.82) is 0 Å². The molecule has 4 unspecified atom stereocenters. The highest BCUT2D eigenvalue weighted by Gasteiger charge is 2.42. The maximum absolute atomic E-state index is 12.3. The fraction of sp³-hybridized carbons (Fsp3) is 0.879. The Morgan fingerprint density at radius 3 is 2.15 bits per heavy atom. The molecule has 0 radical (unpaired) electrons. The van der Waals surface area contributed by atoms with Crippen LogP contribution in [0.3, 0.4) is 0 Å². The lowest BCUT2D eigenvalue weighted by Crippen LogP contribution is -2.49. The quantitative estimate of drug-likeness (QED) is 0.0327. The number of nitrogens with zero attached hydrogens (tertiary/aromatic N) is 2. The Bertz CT molecular complexity index is 1010. The van der Waals surface area contributed by atoms with Crippen molar-refractivity contribution >= 4 is 24.3 Å². The van der Waals surface area contributed by atoms with Crippen molar-refractivity contribution in [3.8, 4) is 0 Å². The molecule has 0 bridgehead atoms. The van der Waals surface area contributed by atoms with Crippen LogP contribution in [0, 0.1) is 21.7 Å². The van der Waals surface area contributed by atoms with Gasteiger partial charge in [0.2, 0.25) is 6.40 Å². The van der Waals surface area contributed by atoms with E-state index in [0.29, 0.717) is 25.9 Å². The molecule has 3 N–H and O–H groups in total. The molecule has 2 fully saturated rings. The summed E-state index contributed by atoms with van der Waals surface area (Å²) >= 11 is 0. The van der Waals surface area contributed by atoms with Gasteiger partial charge in [0.15, 0.2) is 0 Å². The van der Waals surface area contributed by atoms with E-state index in [2.05, 4.69) is 67.6 Å². The van der Waals surface area contributed by atoms with Crippen molar-refractivity contribution in [3.05, 3.63) is 0 Å². The lowest BCUT2D eigenvalue weighted by Gasteiger charge is -2.47. The van der Waals surface area contributed by atoms with Gasteiger partial charge in [-0.1, -0.05) is 53.6 Å². The first-order chi connectivity index (χ1) is 21.6. The summed E-state index contributed by atoms with van der Waals surface area (Å²) in [6, 6.07) is 0.366. The maximum Gasteiger partial charge on any atom is 0.433 e. The number of ether oxygens (including phenoxy) is 3. The fourth-order valence-electron chi connectivity index (χ4n) is 7.35. The Morgan fingerprint density at radius 2 is 1.48 bits per heavy atom. The molecule has 4 atom stereocenters. The number of rotatable bonds is 18. The highest BCUT2D eigenvalue weighted by atomic mass is 17.2. The Morgan fingerprint density at radius 1 is 0.848 bits per heavy atom. The van der Waals surface area contributed by atoms with Gasteiger partial charge in [-0.3, -0.25) is 15.1 Å². The molecular formula is C33H61N5O8. The number of hydrogen-bond donors (Lipinski definition) is 3. The summed E-state index contributed by atoms with van der Waals surface area (Å²) in [7, 11) is 1.68. The van der Waals surface area contributed by atoms with E-state index in [0.717, 1.165) is 50.7 Å². The molecule has 2 aliphatic carbocycles. The van der Waals surface area contributed by atoms with Crippen LogP contribution < -0.4 is 16.0 Å². The van der Waals surface area contributed by atoms with Gasteiger partial charge >= 0.3 is 12.2 Å². The zero-order chi connectivity index (χ0) is 34.3. The van der Waals surface area contributed by atoms with E-state index in [4.69, 9.17) is 28.8 Å². The van der Waals surface area contributed by atoms with Crippen LogP contribution in [0.1, 0.15) is 100 Å². The Balaban J connectivity index is 1.59. The van der Waals surface area contributed by atoms with Crippen molar-refractivity contribution in [2.24, 2.45) is 31.8 Å². The van der Waals surface area contributed by atoms with Crippen molar-refractivity contribution in [2.75, 3.05) is 53.4 Å². The SMILES string of the molecule is CC/C(C)=N\OC(=O)NCC1(C)CC(N=COOCCOCCOC(=O)NCC2(C)CC(NCOC)CC(C)(C)C2)CC(C)(C)C1. The van der Waals surface area contributed by atoms with Crippen LogP contribution in [0.5, 0.6) is 0 Å². The monoisotopic (exact) mass is 655 g/mol. The molecule has 0 aromatic carbocycles. The van der Waals surface area contributed by atoms with Crippen LogP contribution in [0.15, 0.2) is 10.1 Å². The minimum Gasteiger partial charge on any atom is -0.447 e. The average Bonchev–Trinajstić information content (AvgIpc) is 2.95. The van der Waals surface area contributed by atoms with Gasteiger partial charge in [-0.25, -0.2) is 9.59 Å². The van der Waals surface area contributed by atoms with Gasteiger partial charge in [0.25, 0.3) is 0 Å². The van der Waals surface area contributed by atoms with Gasteiger partial charge in [0.1, 0.15) is 13.2 Å². The summed E-state index contributed by atoms with van der Waals surface area (Å²) in [4.78, 5) is 44.2. The Kier molecular flexibility index (Phi) is 16.2. The summed E-state index contributed by atoms with van der Waals surface area (Å²) in [5.41, 5.74) is 0.775. The number of carbonyl (C=O) groups excluding carboxylic acids is 2. The van der Waals surface area contributed by atoms with E-state index in [9.17, 15) is 9.59 Å². The van der Waals surface area contributed by atoms with Gasteiger partial charge in [0.05, 0.1) is 31.7 Å². The van der Waals surface area contributed by atoms with E-state index in [1.165, 1.54) is 6.40 Å². The number of hydrogen-bond acceptors (Lipinski definition) is 11. The summed E-state index contributed by atoms with van der Waals surface area (Å²) in [6.07, 6.45) is 6.72. The van der Waals surface area contributed by atoms with Gasteiger partial charge in [0, 0.05) is 26.2 Å². The lowest BCUT2D eigenvalue weighted by molar-refractivity contribution is -0.224. The number of amides is 2. The number of nitrogens with one attached hydrogen (secondary N) is 3. The van der Waals surface area contributed by atoms with Gasteiger partial charge in [-0.2, -0.15) is 4.89 Å². The van der Waals surface area contributed by atoms with Crippen molar-refractivity contribution in [2.45, 2.75) is 112 Å².